The summed E-state index contributed by atoms with van der Waals surface area (Å²) in [7, 11) is 0. The third-order valence-corrected chi connectivity index (χ3v) is 4.44. The molecule has 0 spiro atoms. The molecule has 1 fully saturated rings. The van der Waals surface area contributed by atoms with Gasteiger partial charge in [0.15, 0.2) is 0 Å². The number of hydrogen-bond donors (Lipinski definition) is 1. The zero-order chi connectivity index (χ0) is 14.3. The average molecular weight is 261 g/mol. The smallest absolute Gasteiger partial charge is 0.0575 e. The SMILES string of the molecule is CC(c1ccccc1)N1C(C)(C)CC(O)CC1(C)C. The van der Waals surface area contributed by atoms with Crippen molar-refractivity contribution in [1.82, 2.24) is 4.90 Å². The molecular weight excluding hydrogens is 234 g/mol. The summed E-state index contributed by atoms with van der Waals surface area (Å²) in [6.45, 7) is 11.3. The van der Waals surface area contributed by atoms with Gasteiger partial charge in [-0.25, -0.2) is 0 Å². The van der Waals surface area contributed by atoms with Crippen LogP contribution in [0.4, 0.5) is 0 Å². The summed E-state index contributed by atoms with van der Waals surface area (Å²) >= 11 is 0. The Morgan fingerprint density at radius 3 is 2.00 bits per heavy atom. The quantitative estimate of drug-likeness (QED) is 0.876. The van der Waals surface area contributed by atoms with E-state index in [2.05, 4.69) is 69.9 Å². The minimum Gasteiger partial charge on any atom is -0.393 e. The summed E-state index contributed by atoms with van der Waals surface area (Å²) in [6.07, 6.45) is 1.49. The molecule has 0 aliphatic carbocycles. The maximum atomic E-state index is 10.1. The van der Waals surface area contributed by atoms with Crippen LogP contribution in [-0.2, 0) is 0 Å². The van der Waals surface area contributed by atoms with Crippen LogP contribution in [0.3, 0.4) is 0 Å². The summed E-state index contributed by atoms with van der Waals surface area (Å²) in [6, 6.07) is 11.0. The molecule has 0 bridgehead atoms. The molecule has 0 amide bonds. The Hall–Kier alpha value is -0.860. The van der Waals surface area contributed by atoms with Crippen molar-refractivity contribution in [2.75, 3.05) is 0 Å². The Morgan fingerprint density at radius 2 is 1.53 bits per heavy atom. The Balaban J connectivity index is 2.35. The molecule has 1 aromatic rings. The van der Waals surface area contributed by atoms with Gasteiger partial charge in [0, 0.05) is 17.1 Å². The predicted octanol–water partition coefficient (Wildman–Crippen LogP) is 3.76. The fraction of sp³-hybridized carbons (Fsp3) is 0.647. The molecule has 19 heavy (non-hydrogen) atoms. The standard InChI is InChI=1S/C17H27NO/c1-13(14-9-7-6-8-10-14)18-16(2,3)11-15(19)12-17(18,4)5/h6-10,13,15,19H,11-12H2,1-5H3. The summed E-state index contributed by atoms with van der Waals surface area (Å²) < 4.78 is 0. The molecule has 1 aliphatic heterocycles. The van der Waals surface area contributed by atoms with Gasteiger partial charge in [-0.15, -0.1) is 0 Å². The molecule has 1 aromatic carbocycles. The second kappa shape index (κ2) is 4.92. The van der Waals surface area contributed by atoms with Gasteiger partial charge in [0.2, 0.25) is 0 Å². The minimum absolute atomic E-state index is 0.0103. The highest BCUT2D eigenvalue weighted by Gasteiger charge is 2.47. The average Bonchev–Trinajstić information content (AvgIpc) is 2.26. The molecule has 0 saturated carbocycles. The van der Waals surface area contributed by atoms with E-state index in [1.807, 2.05) is 0 Å². The van der Waals surface area contributed by atoms with Gasteiger partial charge in [-0.05, 0) is 53.0 Å². The molecular formula is C17H27NO. The van der Waals surface area contributed by atoms with Gasteiger partial charge >= 0.3 is 0 Å². The monoisotopic (exact) mass is 261 g/mol. The lowest BCUT2D eigenvalue weighted by molar-refractivity contribution is -0.102. The van der Waals surface area contributed by atoms with Crippen LogP contribution >= 0.6 is 0 Å². The van der Waals surface area contributed by atoms with Crippen LogP contribution in [0.15, 0.2) is 30.3 Å². The van der Waals surface area contributed by atoms with Crippen LogP contribution in [-0.4, -0.2) is 27.2 Å². The van der Waals surface area contributed by atoms with Gasteiger partial charge in [-0.1, -0.05) is 30.3 Å². The van der Waals surface area contributed by atoms with Crippen LogP contribution < -0.4 is 0 Å². The number of likely N-dealkylation sites (tertiary alicyclic amines) is 1. The van der Waals surface area contributed by atoms with Gasteiger partial charge in [-0.2, -0.15) is 0 Å². The van der Waals surface area contributed by atoms with E-state index in [4.69, 9.17) is 0 Å². The second-order valence-corrected chi connectivity index (χ2v) is 7.14. The molecule has 106 valence electrons. The second-order valence-electron chi connectivity index (χ2n) is 7.14. The van der Waals surface area contributed by atoms with Crippen molar-refractivity contribution in [2.45, 2.75) is 70.7 Å². The molecule has 1 heterocycles. The van der Waals surface area contributed by atoms with E-state index in [0.717, 1.165) is 12.8 Å². The molecule has 1 unspecified atom stereocenters. The van der Waals surface area contributed by atoms with Gasteiger partial charge in [-0.3, -0.25) is 4.90 Å². The summed E-state index contributed by atoms with van der Waals surface area (Å²) in [4.78, 5) is 2.57. The predicted molar refractivity (Wildman–Crippen MR) is 80.1 cm³/mol. The molecule has 1 aliphatic rings. The van der Waals surface area contributed by atoms with Crippen molar-refractivity contribution in [1.29, 1.82) is 0 Å². The van der Waals surface area contributed by atoms with Gasteiger partial charge in [0.05, 0.1) is 6.10 Å². The number of piperidine rings is 1. The van der Waals surface area contributed by atoms with Crippen LogP contribution in [0.1, 0.15) is 59.1 Å². The van der Waals surface area contributed by atoms with E-state index in [-0.39, 0.29) is 17.2 Å². The lowest BCUT2D eigenvalue weighted by Crippen LogP contribution is -2.62. The third kappa shape index (κ3) is 2.85. The lowest BCUT2D eigenvalue weighted by Gasteiger charge is -2.57. The van der Waals surface area contributed by atoms with Crippen LogP contribution in [0.2, 0.25) is 0 Å². The maximum absolute atomic E-state index is 10.1. The van der Waals surface area contributed by atoms with Gasteiger partial charge in [0.1, 0.15) is 0 Å². The summed E-state index contributed by atoms with van der Waals surface area (Å²) in [5.74, 6) is 0. The van der Waals surface area contributed by atoms with E-state index < -0.39 is 0 Å². The largest absolute Gasteiger partial charge is 0.393 e. The maximum Gasteiger partial charge on any atom is 0.0575 e. The Labute approximate surface area is 117 Å². The number of aliphatic hydroxyl groups excluding tert-OH is 1. The molecule has 1 saturated heterocycles. The van der Waals surface area contributed by atoms with E-state index in [1.54, 1.807) is 0 Å². The van der Waals surface area contributed by atoms with Crippen molar-refractivity contribution in [3.05, 3.63) is 35.9 Å². The summed E-state index contributed by atoms with van der Waals surface area (Å²) in [5, 5.41) is 10.1. The Kier molecular flexibility index (Phi) is 3.76. The van der Waals surface area contributed by atoms with Crippen LogP contribution in [0.25, 0.3) is 0 Å². The normalized spacial score (nSPS) is 25.2. The first-order valence-corrected chi connectivity index (χ1v) is 7.26. The highest BCUT2D eigenvalue weighted by atomic mass is 16.3. The zero-order valence-corrected chi connectivity index (χ0v) is 12.9. The Morgan fingerprint density at radius 1 is 1.05 bits per heavy atom. The van der Waals surface area contributed by atoms with Crippen molar-refractivity contribution < 1.29 is 5.11 Å². The lowest BCUT2D eigenvalue weighted by atomic mass is 9.76. The van der Waals surface area contributed by atoms with Crippen molar-refractivity contribution in [3.63, 3.8) is 0 Å². The third-order valence-electron chi connectivity index (χ3n) is 4.44. The molecule has 0 radical (unpaired) electrons. The van der Waals surface area contributed by atoms with Crippen molar-refractivity contribution >= 4 is 0 Å². The van der Waals surface area contributed by atoms with Gasteiger partial charge in [0.25, 0.3) is 0 Å². The van der Waals surface area contributed by atoms with E-state index in [0.29, 0.717) is 6.04 Å². The minimum atomic E-state index is -0.191. The fourth-order valence-electron chi connectivity index (χ4n) is 4.17. The van der Waals surface area contributed by atoms with Gasteiger partial charge < -0.3 is 5.11 Å². The van der Waals surface area contributed by atoms with E-state index >= 15 is 0 Å². The van der Waals surface area contributed by atoms with E-state index in [9.17, 15) is 5.11 Å². The molecule has 2 heteroatoms. The van der Waals surface area contributed by atoms with E-state index in [1.165, 1.54) is 5.56 Å². The highest BCUT2D eigenvalue weighted by molar-refractivity contribution is 5.20. The molecule has 2 rings (SSSR count). The zero-order valence-electron chi connectivity index (χ0n) is 12.9. The number of benzene rings is 1. The summed E-state index contributed by atoms with van der Waals surface area (Å²) in [5.41, 5.74) is 1.37. The first-order valence-electron chi connectivity index (χ1n) is 7.26. The molecule has 2 nitrogen and oxygen atoms in total. The topological polar surface area (TPSA) is 23.5 Å². The van der Waals surface area contributed by atoms with Crippen LogP contribution in [0.5, 0.6) is 0 Å². The van der Waals surface area contributed by atoms with Crippen molar-refractivity contribution in [2.24, 2.45) is 0 Å². The first-order chi connectivity index (χ1) is 8.74. The number of rotatable bonds is 2. The van der Waals surface area contributed by atoms with Crippen molar-refractivity contribution in [3.8, 4) is 0 Å². The fourth-order valence-corrected chi connectivity index (χ4v) is 4.17. The molecule has 0 aromatic heterocycles. The molecule has 1 N–H and O–H groups in total. The Bertz CT molecular complexity index is 406. The highest BCUT2D eigenvalue weighted by Crippen LogP contribution is 2.43. The number of hydrogen-bond acceptors (Lipinski definition) is 2. The number of aliphatic hydroxyl groups is 1. The number of nitrogens with zero attached hydrogens (tertiary/aromatic N) is 1. The molecule has 1 atom stereocenters. The van der Waals surface area contributed by atoms with Crippen LogP contribution in [0, 0.1) is 0 Å². The first kappa shape index (κ1) is 14.5.